The molecule has 0 spiro atoms. The molecule has 0 bridgehead atoms. The van der Waals surface area contributed by atoms with Gasteiger partial charge in [0.2, 0.25) is 0 Å². The van der Waals surface area contributed by atoms with Crippen LogP contribution in [0.25, 0.3) is 0 Å². The SMILES string of the molecule is Cc1cc(Cl)ccc1[C@](C)(N)CO. The van der Waals surface area contributed by atoms with Crippen molar-refractivity contribution in [3.8, 4) is 0 Å². The summed E-state index contributed by atoms with van der Waals surface area (Å²) < 4.78 is 0. The smallest absolute Gasteiger partial charge is 0.0650 e. The van der Waals surface area contributed by atoms with Crippen molar-refractivity contribution in [2.24, 2.45) is 5.73 Å². The minimum atomic E-state index is -0.686. The predicted octanol–water partition coefficient (Wildman–Crippen LogP) is 1.81. The number of aliphatic hydroxyl groups is 1. The molecule has 3 heteroatoms. The largest absolute Gasteiger partial charge is 0.394 e. The maximum Gasteiger partial charge on any atom is 0.0650 e. The normalized spacial score (nSPS) is 15.5. The van der Waals surface area contributed by atoms with Gasteiger partial charge in [-0.3, -0.25) is 0 Å². The summed E-state index contributed by atoms with van der Waals surface area (Å²) in [7, 11) is 0. The Labute approximate surface area is 83.3 Å². The molecule has 0 aliphatic heterocycles. The molecule has 1 aromatic rings. The van der Waals surface area contributed by atoms with Gasteiger partial charge in [0.15, 0.2) is 0 Å². The number of hydrogen-bond donors (Lipinski definition) is 2. The number of rotatable bonds is 2. The zero-order chi connectivity index (χ0) is 10.1. The lowest BCUT2D eigenvalue weighted by atomic mass is 9.90. The summed E-state index contributed by atoms with van der Waals surface area (Å²) in [6.45, 7) is 3.65. The summed E-state index contributed by atoms with van der Waals surface area (Å²) in [5.41, 5.74) is 7.15. The van der Waals surface area contributed by atoms with Crippen LogP contribution in [0.15, 0.2) is 18.2 Å². The molecule has 0 aromatic heterocycles. The molecule has 0 radical (unpaired) electrons. The molecule has 0 fully saturated rings. The van der Waals surface area contributed by atoms with E-state index in [0.717, 1.165) is 11.1 Å². The highest BCUT2D eigenvalue weighted by Gasteiger charge is 2.21. The first-order chi connectivity index (χ1) is 5.97. The van der Waals surface area contributed by atoms with Gasteiger partial charge in [-0.1, -0.05) is 17.7 Å². The van der Waals surface area contributed by atoms with Gasteiger partial charge < -0.3 is 10.8 Å². The van der Waals surface area contributed by atoms with Crippen molar-refractivity contribution < 1.29 is 5.11 Å². The van der Waals surface area contributed by atoms with Crippen molar-refractivity contribution in [3.63, 3.8) is 0 Å². The van der Waals surface area contributed by atoms with E-state index in [-0.39, 0.29) is 6.61 Å². The fourth-order valence-corrected chi connectivity index (χ4v) is 1.58. The Balaban J connectivity index is 3.16. The van der Waals surface area contributed by atoms with Gasteiger partial charge in [-0.15, -0.1) is 0 Å². The molecule has 0 aliphatic carbocycles. The van der Waals surface area contributed by atoms with E-state index >= 15 is 0 Å². The standard InChI is InChI=1S/C10H14ClNO/c1-7-5-8(11)3-4-9(7)10(2,12)6-13/h3-5,13H,6,12H2,1-2H3/t10-/m1/s1. The molecule has 1 rings (SSSR count). The van der Waals surface area contributed by atoms with E-state index in [1.54, 1.807) is 13.0 Å². The highest BCUT2D eigenvalue weighted by Crippen LogP contribution is 2.23. The lowest BCUT2D eigenvalue weighted by Crippen LogP contribution is -2.37. The number of hydrogen-bond acceptors (Lipinski definition) is 2. The molecule has 1 atom stereocenters. The molecule has 1 aromatic carbocycles. The summed E-state index contributed by atoms with van der Waals surface area (Å²) in [6.07, 6.45) is 0. The Morgan fingerprint density at radius 3 is 2.62 bits per heavy atom. The van der Waals surface area contributed by atoms with Crippen molar-refractivity contribution in [1.82, 2.24) is 0 Å². The molecule has 13 heavy (non-hydrogen) atoms. The maximum absolute atomic E-state index is 9.08. The summed E-state index contributed by atoms with van der Waals surface area (Å²) in [4.78, 5) is 0. The van der Waals surface area contributed by atoms with Crippen LogP contribution in [0, 0.1) is 6.92 Å². The highest BCUT2D eigenvalue weighted by atomic mass is 35.5. The molecular formula is C10H14ClNO. The number of halogens is 1. The van der Waals surface area contributed by atoms with E-state index in [4.69, 9.17) is 22.4 Å². The lowest BCUT2D eigenvalue weighted by Gasteiger charge is -2.24. The average Bonchev–Trinajstić information content (AvgIpc) is 2.03. The predicted molar refractivity (Wildman–Crippen MR) is 54.8 cm³/mol. The summed E-state index contributed by atoms with van der Waals surface area (Å²) >= 11 is 5.81. The first-order valence-corrected chi connectivity index (χ1v) is 4.51. The van der Waals surface area contributed by atoms with Gasteiger partial charge in [0.05, 0.1) is 12.1 Å². The van der Waals surface area contributed by atoms with Crippen LogP contribution in [0.4, 0.5) is 0 Å². The zero-order valence-electron chi connectivity index (χ0n) is 7.84. The van der Waals surface area contributed by atoms with E-state index < -0.39 is 5.54 Å². The molecule has 0 aliphatic rings. The molecule has 3 N–H and O–H groups in total. The van der Waals surface area contributed by atoms with Gasteiger partial charge in [0.25, 0.3) is 0 Å². The van der Waals surface area contributed by atoms with Crippen LogP contribution in [0.1, 0.15) is 18.1 Å². The van der Waals surface area contributed by atoms with Crippen LogP contribution in [-0.2, 0) is 5.54 Å². The van der Waals surface area contributed by atoms with Gasteiger partial charge in [0, 0.05) is 5.02 Å². The van der Waals surface area contributed by atoms with Crippen molar-refractivity contribution in [2.75, 3.05) is 6.61 Å². The Morgan fingerprint density at radius 1 is 1.54 bits per heavy atom. The second kappa shape index (κ2) is 3.66. The van der Waals surface area contributed by atoms with Gasteiger partial charge >= 0.3 is 0 Å². The summed E-state index contributed by atoms with van der Waals surface area (Å²) in [5, 5.41) is 9.77. The molecule has 0 heterocycles. The van der Waals surface area contributed by atoms with Crippen LogP contribution in [-0.4, -0.2) is 11.7 Å². The Morgan fingerprint density at radius 2 is 2.15 bits per heavy atom. The molecule has 0 saturated carbocycles. The number of aryl methyl sites for hydroxylation is 1. The average molecular weight is 200 g/mol. The fourth-order valence-electron chi connectivity index (χ4n) is 1.35. The number of nitrogens with two attached hydrogens (primary N) is 1. The van der Waals surface area contributed by atoms with Crippen molar-refractivity contribution in [1.29, 1.82) is 0 Å². The minimum Gasteiger partial charge on any atom is -0.394 e. The maximum atomic E-state index is 9.08. The molecule has 72 valence electrons. The Kier molecular flexibility index (Phi) is 2.96. The molecule has 0 unspecified atom stereocenters. The quantitative estimate of drug-likeness (QED) is 0.763. The third kappa shape index (κ3) is 2.21. The first-order valence-electron chi connectivity index (χ1n) is 4.14. The van der Waals surface area contributed by atoms with Gasteiger partial charge in [-0.25, -0.2) is 0 Å². The second-order valence-electron chi connectivity index (χ2n) is 3.53. The third-order valence-electron chi connectivity index (χ3n) is 2.13. The van der Waals surface area contributed by atoms with E-state index in [1.165, 1.54) is 0 Å². The van der Waals surface area contributed by atoms with Crippen LogP contribution in [0.5, 0.6) is 0 Å². The van der Waals surface area contributed by atoms with Crippen molar-refractivity contribution in [3.05, 3.63) is 34.3 Å². The number of aliphatic hydroxyl groups excluding tert-OH is 1. The minimum absolute atomic E-state index is 0.0739. The fraction of sp³-hybridized carbons (Fsp3) is 0.400. The topological polar surface area (TPSA) is 46.2 Å². The molecule has 2 nitrogen and oxygen atoms in total. The summed E-state index contributed by atoms with van der Waals surface area (Å²) in [5.74, 6) is 0. The molecule has 0 amide bonds. The van der Waals surface area contributed by atoms with Crippen molar-refractivity contribution in [2.45, 2.75) is 19.4 Å². The van der Waals surface area contributed by atoms with Crippen LogP contribution in [0.3, 0.4) is 0 Å². The van der Waals surface area contributed by atoms with E-state index in [0.29, 0.717) is 5.02 Å². The highest BCUT2D eigenvalue weighted by molar-refractivity contribution is 6.30. The third-order valence-corrected chi connectivity index (χ3v) is 2.37. The van der Waals surface area contributed by atoms with E-state index in [2.05, 4.69) is 0 Å². The van der Waals surface area contributed by atoms with Crippen LogP contribution >= 0.6 is 11.6 Å². The van der Waals surface area contributed by atoms with Gasteiger partial charge in [-0.2, -0.15) is 0 Å². The summed E-state index contributed by atoms with van der Waals surface area (Å²) in [6, 6.07) is 5.48. The molecular weight excluding hydrogens is 186 g/mol. The van der Waals surface area contributed by atoms with Gasteiger partial charge in [0.1, 0.15) is 0 Å². The first kappa shape index (κ1) is 10.5. The zero-order valence-corrected chi connectivity index (χ0v) is 8.60. The van der Waals surface area contributed by atoms with Gasteiger partial charge in [-0.05, 0) is 37.1 Å². The van der Waals surface area contributed by atoms with E-state index in [1.807, 2.05) is 19.1 Å². The molecule has 0 saturated heterocycles. The van der Waals surface area contributed by atoms with Crippen LogP contribution in [0.2, 0.25) is 5.02 Å². The van der Waals surface area contributed by atoms with E-state index in [9.17, 15) is 0 Å². The van der Waals surface area contributed by atoms with Crippen molar-refractivity contribution >= 4 is 11.6 Å². The lowest BCUT2D eigenvalue weighted by molar-refractivity contribution is 0.209. The van der Waals surface area contributed by atoms with Crippen LogP contribution < -0.4 is 5.73 Å². The number of benzene rings is 1. The Hall–Kier alpha value is -0.570. The Bertz CT molecular complexity index is 310. The monoisotopic (exact) mass is 199 g/mol. The second-order valence-corrected chi connectivity index (χ2v) is 3.97.